The molecular weight excluding hydrogens is 254 g/mol. The summed E-state index contributed by atoms with van der Waals surface area (Å²) in [6.07, 6.45) is 0. The number of nitrogens with one attached hydrogen (secondary N) is 1. The van der Waals surface area contributed by atoms with Crippen LogP contribution in [0.2, 0.25) is 5.02 Å². The van der Waals surface area contributed by atoms with Gasteiger partial charge in [0.15, 0.2) is 5.96 Å². The summed E-state index contributed by atoms with van der Waals surface area (Å²) in [6.45, 7) is 2.85. The van der Waals surface area contributed by atoms with E-state index in [-0.39, 0.29) is 0 Å². The molecule has 92 valence electrons. The molecule has 0 radical (unpaired) electrons. The van der Waals surface area contributed by atoms with Crippen molar-refractivity contribution < 1.29 is 0 Å². The quantitative estimate of drug-likeness (QED) is 0.672. The average Bonchev–Trinajstić information content (AvgIpc) is 2.73. The number of benzene rings is 1. The number of hydrogen-bond acceptors (Lipinski definition) is 4. The molecule has 0 bridgehead atoms. The van der Waals surface area contributed by atoms with E-state index in [1.807, 2.05) is 36.0 Å². The Morgan fingerprint density at radius 2 is 2.18 bits per heavy atom. The van der Waals surface area contributed by atoms with Crippen LogP contribution in [-0.2, 0) is 0 Å². The third-order valence-corrected chi connectivity index (χ3v) is 3.79. The van der Waals surface area contributed by atoms with E-state index in [2.05, 4.69) is 22.3 Å². The van der Waals surface area contributed by atoms with Crippen LogP contribution >= 0.6 is 23.4 Å². The summed E-state index contributed by atoms with van der Waals surface area (Å²) in [5, 5.41) is 4.13. The van der Waals surface area contributed by atoms with Crippen LogP contribution < -0.4 is 5.32 Å². The van der Waals surface area contributed by atoms with E-state index < -0.39 is 0 Å². The Balaban J connectivity index is 1.68. The van der Waals surface area contributed by atoms with Gasteiger partial charge in [0.1, 0.15) is 0 Å². The molecule has 0 aromatic heterocycles. The Labute approximate surface area is 111 Å². The Hall–Kier alpha value is -0.870. The van der Waals surface area contributed by atoms with Crippen molar-refractivity contribution in [2.75, 3.05) is 32.4 Å². The van der Waals surface area contributed by atoms with Gasteiger partial charge in [-0.3, -0.25) is 4.99 Å². The third-order valence-electron chi connectivity index (χ3n) is 2.53. The standard InChI is InChI=1S/C12H16ClN3S/c1-16-8-6-14-12(16)15-7-9-17-11-4-2-10(13)3-5-11/h2-5H,6-9H2,1H3,(H,14,15). The molecule has 17 heavy (non-hydrogen) atoms. The molecule has 1 N–H and O–H groups in total. The van der Waals surface area contributed by atoms with E-state index in [1.54, 1.807) is 0 Å². The molecule has 1 aliphatic rings. The highest BCUT2D eigenvalue weighted by atomic mass is 35.5. The van der Waals surface area contributed by atoms with Gasteiger partial charge >= 0.3 is 0 Å². The molecule has 1 heterocycles. The van der Waals surface area contributed by atoms with E-state index >= 15 is 0 Å². The van der Waals surface area contributed by atoms with Gasteiger partial charge in [-0.05, 0) is 24.3 Å². The lowest BCUT2D eigenvalue weighted by Gasteiger charge is -2.14. The summed E-state index contributed by atoms with van der Waals surface area (Å²) in [4.78, 5) is 7.77. The predicted molar refractivity (Wildman–Crippen MR) is 75.1 cm³/mol. The van der Waals surface area contributed by atoms with Gasteiger partial charge in [-0.1, -0.05) is 11.6 Å². The molecule has 1 aromatic carbocycles. The monoisotopic (exact) mass is 269 g/mol. The summed E-state index contributed by atoms with van der Waals surface area (Å²) in [6, 6.07) is 7.94. The van der Waals surface area contributed by atoms with Crippen LogP contribution in [0.3, 0.4) is 0 Å². The van der Waals surface area contributed by atoms with Gasteiger partial charge in [-0.15, -0.1) is 11.8 Å². The molecule has 0 atom stereocenters. The summed E-state index contributed by atoms with van der Waals surface area (Å²) in [5.74, 6) is 2.04. The summed E-state index contributed by atoms with van der Waals surface area (Å²) < 4.78 is 0. The number of halogens is 1. The van der Waals surface area contributed by atoms with Gasteiger partial charge in [0.2, 0.25) is 0 Å². The van der Waals surface area contributed by atoms with Crippen LogP contribution in [0.1, 0.15) is 0 Å². The zero-order valence-corrected chi connectivity index (χ0v) is 11.4. The lowest BCUT2D eigenvalue weighted by molar-refractivity contribution is 0.537. The molecule has 0 aliphatic carbocycles. The Kier molecular flexibility index (Phi) is 4.57. The Morgan fingerprint density at radius 3 is 2.82 bits per heavy atom. The molecule has 1 aliphatic heterocycles. The van der Waals surface area contributed by atoms with E-state index in [1.165, 1.54) is 4.90 Å². The molecule has 3 nitrogen and oxygen atoms in total. The maximum atomic E-state index is 5.83. The highest BCUT2D eigenvalue weighted by Gasteiger charge is 2.10. The van der Waals surface area contributed by atoms with E-state index in [0.29, 0.717) is 0 Å². The van der Waals surface area contributed by atoms with Gasteiger partial charge in [0.25, 0.3) is 0 Å². The number of rotatable bonds is 4. The molecule has 5 heteroatoms. The zero-order chi connectivity index (χ0) is 12.1. The first kappa shape index (κ1) is 12.6. The predicted octanol–water partition coefficient (Wildman–Crippen LogP) is 2.32. The molecule has 0 spiro atoms. The summed E-state index contributed by atoms with van der Waals surface area (Å²) in [5.41, 5.74) is 0. The van der Waals surface area contributed by atoms with Crippen LogP contribution in [0.4, 0.5) is 0 Å². The number of likely N-dealkylation sites (N-methyl/N-ethyl adjacent to an activating group) is 1. The van der Waals surface area contributed by atoms with E-state index in [4.69, 9.17) is 11.6 Å². The van der Waals surface area contributed by atoms with Gasteiger partial charge < -0.3 is 10.2 Å². The normalized spacial score (nSPS) is 14.9. The van der Waals surface area contributed by atoms with Crippen molar-refractivity contribution in [2.24, 2.45) is 4.99 Å². The first-order chi connectivity index (χ1) is 8.25. The first-order valence-electron chi connectivity index (χ1n) is 5.63. The van der Waals surface area contributed by atoms with Crippen LogP contribution in [0.5, 0.6) is 0 Å². The van der Waals surface area contributed by atoms with Gasteiger partial charge in [0.05, 0.1) is 6.54 Å². The SMILES string of the molecule is CN1CCN=C1NCCSc1ccc(Cl)cc1. The number of guanidine groups is 1. The average molecular weight is 270 g/mol. The molecule has 0 unspecified atom stereocenters. The van der Waals surface area contributed by atoms with E-state index in [0.717, 1.165) is 36.4 Å². The molecule has 1 aromatic rings. The largest absolute Gasteiger partial charge is 0.355 e. The second-order valence-electron chi connectivity index (χ2n) is 3.86. The van der Waals surface area contributed by atoms with Crippen molar-refractivity contribution >= 4 is 29.3 Å². The van der Waals surface area contributed by atoms with Crippen molar-refractivity contribution in [2.45, 2.75) is 4.90 Å². The number of nitrogens with zero attached hydrogens (tertiary/aromatic N) is 2. The second-order valence-corrected chi connectivity index (χ2v) is 5.46. The topological polar surface area (TPSA) is 27.6 Å². The molecule has 0 saturated heterocycles. The maximum Gasteiger partial charge on any atom is 0.193 e. The van der Waals surface area contributed by atoms with Crippen LogP contribution in [0.15, 0.2) is 34.2 Å². The smallest absolute Gasteiger partial charge is 0.193 e. The molecule has 0 fully saturated rings. The van der Waals surface area contributed by atoms with Crippen molar-refractivity contribution in [3.05, 3.63) is 29.3 Å². The zero-order valence-electron chi connectivity index (χ0n) is 9.82. The maximum absolute atomic E-state index is 5.83. The summed E-state index contributed by atoms with van der Waals surface area (Å²) in [7, 11) is 2.06. The second kappa shape index (κ2) is 6.17. The van der Waals surface area contributed by atoms with Gasteiger partial charge in [-0.25, -0.2) is 0 Å². The highest BCUT2D eigenvalue weighted by molar-refractivity contribution is 7.99. The highest BCUT2D eigenvalue weighted by Crippen LogP contribution is 2.19. The minimum atomic E-state index is 0.786. The molecule has 2 rings (SSSR count). The van der Waals surface area contributed by atoms with Gasteiger partial charge in [-0.2, -0.15) is 0 Å². The molecular formula is C12H16ClN3S. The number of aliphatic imine (C=N–C) groups is 1. The van der Waals surface area contributed by atoms with Crippen molar-refractivity contribution in [3.63, 3.8) is 0 Å². The van der Waals surface area contributed by atoms with Crippen LogP contribution in [0, 0.1) is 0 Å². The van der Waals surface area contributed by atoms with Crippen LogP contribution in [-0.4, -0.2) is 43.3 Å². The van der Waals surface area contributed by atoms with Crippen molar-refractivity contribution in [1.82, 2.24) is 10.2 Å². The lowest BCUT2D eigenvalue weighted by Crippen LogP contribution is -2.36. The Morgan fingerprint density at radius 1 is 1.41 bits per heavy atom. The van der Waals surface area contributed by atoms with Crippen LogP contribution in [0.25, 0.3) is 0 Å². The van der Waals surface area contributed by atoms with Gasteiger partial charge in [0, 0.05) is 35.8 Å². The van der Waals surface area contributed by atoms with Crippen molar-refractivity contribution in [3.8, 4) is 0 Å². The molecule has 0 amide bonds. The minimum absolute atomic E-state index is 0.786. The number of hydrogen-bond donors (Lipinski definition) is 1. The van der Waals surface area contributed by atoms with Crippen molar-refractivity contribution in [1.29, 1.82) is 0 Å². The third kappa shape index (κ3) is 3.82. The fourth-order valence-corrected chi connectivity index (χ4v) is 2.48. The molecule has 0 saturated carbocycles. The fraction of sp³-hybridized carbons (Fsp3) is 0.417. The summed E-state index contributed by atoms with van der Waals surface area (Å²) >= 11 is 7.65. The lowest BCUT2D eigenvalue weighted by atomic mass is 10.4. The number of thioether (sulfide) groups is 1. The van der Waals surface area contributed by atoms with E-state index in [9.17, 15) is 0 Å². The first-order valence-corrected chi connectivity index (χ1v) is 7.00. The minimum Gasteiger partial charge on any atom is -0.355 e. The Bertz CT molecular complexity index is 391. The fourth-order valence-electron chi connectivity index (χ4n) is 1.59.